The van der Waals surface area contributed by atoms with Crippen LogP contribution in [0.2, 0.25) is 0 Å². The summed E-state index contributed by atoms with van der Waals surface area (Å²) in [7, 11) is 0. The fourth-order valence-electron chi connectivity index (χ4n) is 2.02. The van der Waals surface area contributed by atoms with Crippen molar-refractivity contribution in [3.63, 3.8) is 0 Å². The Hall–Kier alpha value is -1.62. The lowest BCUT2D eigenvalue weighted by Gasteiger charge is -2.24. The molecule has 0 aromatic heterocycles. The minimum absolute atomic E-state index is 0.205. The molecule has 0 spiro atoms. The van der Waals surface area contributed by atoms with Crippen molar-refractivity contribution in [2.45, 2.75) is 19.3 Å². The summed E-state index contributed by atoms with van der Waals surface area (Å²) in [5.74, 6) is -2.21. The Morgan fingerprint density at radius 1 is 1.32 bits per heavy atom. The zero-order valence-corrected chi connectivity index (χ0v) is 11.0. The number of rotatable bonds is 8. The zero-order chi connectivity index (χ0) is 14.1. The number of aliphatic carboxylic acids is 1. The summed E-state index contributed by atoms with van der Waals surface area (Å²) >= 11 is 0. The number of nitrogens with one attached hydrogen (secondary N) is 1. The lowest BCUT2D eigenvalue weighted by Crippen LogP contribution is -2.40. The van der Waals surface area contributed by atoms with E-state index in [0.717, 1.165) is 6.42 Å². The molecule has 0 saturated heterocycles. The predicted octanol–water partition coefficient (Wildman–Crippen LogP) is 1.36. The first-order chi connectivity index (χ1) is 9.16. The number of hydrogen-bond donors (Lipinski definition) is 2. The minimum atomic E-state index is -0.910. The van der Waals surface area contributed by atoms with Crippen LogP contribution >= 0.6 is 0 Å². The Bertz CT molecular complexity index is 351. The van der Waals surface area contributed by atoms with Crippen molar-refractivity contribution in [1.29, 1.82) is 0 Å². The molecule has 1 aliphatic carbocycles. The van der Waals surface area contributed by atoms with Crippen molar-refractivity contribution >= 4 is 11.9 Å². The standard InChI is InChI=1S/C14H21NO4/c1-2-3-9-19-10-8-15-13(16)11-6-4-5-7-12(11)14(17)18/h2,4-5,11-12H,1,3,6-10H2,(H,15,16)(H,17,18). The van der Waals surface area contributed by atoms with Gasteiger partial charge in [0.25, 0.3) is 0 Å². The van der Waals surface area contributed by atoms with E-state index >= 15 is 0 Å². The average molecular weight is 267 g/mol. The van der Waals surface area contributed by atoms with Crippen LogP contribution in [0.1, 0.15) is 19.3 Å². The van der Waals surface area contributed by atoms with Crippen LogP contribution in [0, 0.1) is 11.8 Å². The Kier molecular flexibility index (Phi) is 6.89. The van der Waals surface area contributed by atoms with Gasteiger partial charge in [-0.05, 0) is 19.3 Å². The molecule has 0 saturated carbocycles. The van der Waals surface area contributed by atoms with Crippen molar-refractivity contribution in [3.8, 4) is 0 Å². The molecule has 2 unspecified atom stereocenters. The molecule has 1 amide bonds. The van der Waals surface area contributed by atoms with Crippen LogP contribution < -0.4 is 5.32 Å². The van der Waals surface area contributed by atoms with Crippen molar-refractivity contribution < 1.29 is 19.4 Å². The second-order valence-corrected chi connectivity index (χ2v) is 4.47. The van der Waals surface area contributed by atoms with Crippen LogP contribution in [0.15, 0.2) is 24.8 Å². The second-order valence-electron chi connectivity index (χ2n) is 4.47. The van der Waals surface area contributed by atoms with E-state index < -0.39 is 17.8 Å². The van der Waals surface area contributed by atoms with Gasteiger partial charge in [-0.2, -0.15) is 0 Å². The molecule has 2 N–H and O–H groups in total. The van der Waals surface area contributed by atoms with Crippen LogP contribution in [0.25, 0.3) is 0 Å². The molecule has 0 fully saturated rings. The van der Waals surface area contributed by atoms with Gasteiger partial charge in [0.15, 0.2) is 0 Å². The van der Waals surface area contributed by atoms with Gasteiger partial charge in [-0.3, -0.25) is 9.59 Å². The van der Waals surface area contributed by atoms with E-state index in [2.05, 4.69) is 11.9 Å². The molecule has 106 valence electrons. The van der Waals surface area contributed by atoms with E-state index in [1.54, 1.807) is 6.08 Å². The van der Waals surface area contributed by atoms with Crippen molar-refractivity contribution in [2.24, 2.45) is 11.8 Å². The predicted molar refractivity (Wildman–Crippen MR) is 71.6 cm³/mol. The zero-order valence-electron chi connectivity index (χ0n) is 11.0. The number of carbonyl (C=O) groups is 2. The third-order valence-electron chi connectivity index (χ3n) is 3.10. The topological polar surface area (TPSA) is 75.6 Å². The third kappa shape index (κ3) is 5.26. The normalized spacial score (nSPS) is 21.9. The maximum Gasteiger partial charge on any atom is 0.307 e. The van der Waals surface area contributed by atoms with Gasteiger partial charge in [0.05, 0.1) is 25.0 Å². The van der Waals surface area contributed by atoms with E-state index in [9.17, 15) is 9.59 Å². The van der Waals surface area contributed by atoms with Crippen LogP contribution in [-0.4, -0.2) is 36.7 Å². The summed E-state index contributed by atoms with van der Waals surface area (Å²) < 4.78 is 5.27. The van der Waals surface area contributed by atoms with Crippen LogP contribution in [0.5, 0.6) is 0 Å². The van der Waals surface area contributed by atoms with Gasteiger partial charge in [0.1, 0.15) is 0 Å². The lowest BCUT2D eigenvalue weighted by atomic mass is 9.82. The molecule has 2 atom stereocenters. The number of carboxylic acid groups (broad SMARTS) is 1. The number of allylic oxidation sites excluding steroid dienone is 2. The number of carboxylic acids is 1. The quantitative estimate of drug-likeness (QED) is 0.514. The van der Waals surface area contributed by atoms with E-state index in [1.807, 2.05) is 12.2 Å². The molecule has 5 nitrogen and oxygen atoms in total. The summed E-state index contributed by atoms with van der Waals surface area (Å²) in [6.07, 6.45) is 7.14. The van der Waals surface area contributed by atoms with E-state index in [-0.39, 0.29) is 5.91 Å². The molecule has 0 heterocycles. The Morgan fingerprint density at radius 2 is 2.00 bits per heavy atom. The van der Waals surface area contributed by atoms with Gasteiger partial charge in [0, 0.05) is 6.54 Å². The van der Waals surface area contributed by atoms with Gasteiger partial charge in [0.2, 0.25) is 5.91 Å². The first-order valence-corrected chi connectivity index (χ1v) is 6.51. The lowest BCUT2D eigenvalue weighted by molar-refractivity contribution is -0.147. The van der Waals surface area contributed by atoms with Gasteiger partial charge in [-0.1, -0.05) is 18.2 Å². The molecular formula is C14H21NO4. The Balaban J connectivity index is 2.29. The first-order valence-electron chi connectivity index (χ1n) is 6.51. The average Bonchev–Trinajstić information content (AvgIpc) is 2.42. The number of hydrogen-bond acceptors (Lipinski definition) is 3. The molecule has 1 rings (SSSR count). The number of ether oxygens (including phenoxy) is 1. The SMILES string of the molecule is C=CCCOCCNC(=O)C1CC=CCC1C(=O)O. The first kappa shape index (κ1) is 15.4. The fraction of sp³-hybridized carbons (Fsp3) is 0.571. The largest absolute Gasteiger partial charge is 0.481 e. The van der Waals surface area contributed by atoms with Crippen LogP contribution in [0.3, 0.4) is 0 Å². The maximum atomic E-state index is 11.9. The van der Waals surface area contributed by atoms with E-state index in [0.29, 0.717) is 32.6 Å². The molecule has 0 aliphatic heterocycles. The van der Waals surface area contributed by atoms with Gasteiger partial charge < -0.3 is 15.2 Å². The summed E-state index contributed by atoms with van der Waals surface area (Å²) in [5, 5.41) is 11.8. The Labute approximate surface area is 113 Å². The summed E-state index contributed by atoms with van der Waals surface area (Å²) in [5.41, 5.74) is 0. The molecule has 19 heavy (non-hydrogen) atoms. The number of amides is 1. The molecule has 0 aromatic rings. The third-order valence-corrected chi connectivity index (χ3v) is 3.10. The second kappa shape index (κ2) is 8.48. The highest BCUT2D eigenvalue weighted by atomic mass is 16.5. The molecule has 0 radical (unpaired) electrons. The maximum absolute atomic E-state index is 11.9. The Morgan fingerprint density at radius 3 is 2.63 bits per heavy atom. The summed E-state index contributed by atoms with van der Waals surface area (Å²) in [6, 6.07) is 0. The number of carbonyl (C=O) groups excluding carboxylic acids is 1. The molecule has 0 aromatic carbocycles. The van der Waals surface area contributed by atoms with Gasteiger partial charge >= 0.3 is 5.97 Å². The van der Waals surface area contributed by atoms with Crippen molar-refractivity contribution in [2.75, 3.05) is 19.8 Å². The molecule has 5 heteroatoms. The van der Waals surface area contributed by atoms with E-state index in [1.165, 1.54) is 0 Å². The highest BCUT2D eigenvalue weighted by molar-refractivity contribution is 5.85. The smallest absolute Gasteiger partial charge is 0.307 e. The van der Waals surface area contributed by atoms with Crippen LogP contribution in [0.4, 0.5) is 0 Å². The van der Waals surface area contributed by atoms with Crippen molar-refractivity contribution in [3.05, 3.63) is 24.8 Å². The molecular weight excluding hydrogens is 246 g/mol. The summed E-state index contributed by atoms with van der Waals surface area (Å²) in [4.78, 5) is 23.0. The van der Waals surface area contributed by atoms with Gasteiger partial charge in [-0.25, -0.2) is 0 Å². The summed E-state index contributed by atoms with van der Waals surface area (Å²) in [6.45, 7) is 5.00. The van der Waals surface area contributed by atoms with Crippen LogP contribution in [-0.2, 0) is 14.3 Å². The molecule has 0 bridgehead atoms. The highest BCUT2D eigenvalue weighted by Gasteiger charge is 2.33. The van der Waals surface area contributed by atoms with Crippen molar-refractivity contribution in [1.82, 2.24) is 5.32 Å². The molecule has 1 aliphatic rings. The van der Waals surface area contributed by atoms with E-state index in [4.69, 9.17) is 9.84 Å². The minimum Gasteiger partial charge on any atom is -0.481 e. The monoisotopic (exact) mass is 267 g/mol. The highest BCUT2D eigenvalue weighted by Crippen LogP contribution is 2.25. The fourth-order valence-corrected chi connectivity index (χ4v) is 2.02. The van der Waals surface area contributed by atoms with Gasteiger partial charge in [-0.15, -0.1) is 6.58 Å².